The first-order chi connectivity index (χ1) is 9.92. The zero-order chi connectivity index (χ0) is 15.5. The van der Waals surface area contributed by atoms with Crippen LogP contribution in [0.5, 0.6) is 5.75 Å². The van der Waals surface area contributed by atoms with E-state index < -0.39 is 10.0 Å². The van der Waals surface area contributed by atoms with Crippen molar-refractivity contribution in [3.63, 3.8) is 0 Å². The van der Waals surface area contributed by atoms with Crippen molar-refractivity contribution in [2.45, 2.75) is 18.4 Å². The standard InChI is InChI=1S/C12H17N5O3S/c1-3-20-10-5-4-9(13)6-11(10)21(18,19)15-7-12-14-8-17(2)16-12/h4-6,8,15H,3,7,13H2,1-2H3. The smallest absolute Gasteiger partial charge is 0.244 e. The Balaban J connectivity index is 2.24. The summed E-state index contributed by atoms with van der Waals surface area (Å²) in [6.45, 7) is 2.12. The van der Waals surface area contributed by atoms with Gasteiger partial charge in [0.1, 0.15) is 17.0 Å². The number of nitrogens with one attached hydrogen (secondary N) is 1. The third kappa shape index (κ3) is 3.70. The molecule has 1 aromatic carbocycles. The minimum Gasteiger partial charge on any atom is -0.492 e. The van der Waals surface area contributed by atoms with E-state index in [1.807, 2.05) is 0 Å². The number of aromatic nitrogens is 3. The lowest BCUT2D eigenvalue weighted by Gasteiger charge is -2.11. The summed E-state index contributed by atoms with van der Waals surface area (Å²) in [5.41, 5.74) is 6.00. The number of nitrogens with two attached hydrogens (primary N) is 1. The molecule has 0 saturated heterocycles. The molecule has 3 N–H and O–H groups in total. The van der Waals surface area contributed by atoms with Crippen molar-refractivity contribution in [3.8, 4) is 5.75 Å². The Morgan fingerprint density at radius 2 is 2.19 bits per heavy atom. The molecule has 1 aromatic heterocycles. The molecule has 0 bridgehead atoms. The lowest BCUT2D eigenvalue weighted by Crippen LogP contribution is -2.24. The van der Waals surface area contributed by atoms with E-state index in [2.05, 4.69) is 14.8 Å². The van der Waals surface area contributed by atoms with Crippen LogP contribution in [0.2, 0.25) is 0 Å². The van der Waals surface area contributed by atoms with E-state index in [4.69, 9.17) is 10.5 Å². The Kier molecular flexibility index (Phi) is 4.43. The number of aryl methyl sites for hydroxylation is 1. The summed E-state index contributed by atoms with van der Waals surface area (Å²) < 4.78 is 34.0. The number of hydrogen-bond acceptors (Lipinski definition) is 6. The van der Waals surface area contributed by atoms with Crippen molar-refractivity contribution in [3.05, 3.63) is 30.4 Å². The van der Waals surface area contributed by atoms with Crippen LogP contribution >= 0.6 is 0 Å². The molecule has 0 amide bonds. The minimum absolute atomic E-state index is 0.000260. The van der Waals surface area contributed by atoms with Crippen molar-refractivity contribution >= 4 is 15.7 Å². The molecule has 0 aliphatic carbocycles. The van der Waals surface area contributed by atoms with Crippen molar-refractivity contribution in [1.29, 1.82) is 0 Å². The quantitative estimate of drug-likeness (QED) is 0.741. The number of nitrogen functional groups attached to an aromatic ring is 1. The second kappa shape index (κ2) is 6.10. The van der Waals surface area contributed by atoms with E-state index in [0.717, 1.165) is 0 Å². The maximum Gasteiger partial charge on any atom is 0.244 e. The highest BCUT2D eigenvalue weighted by Crippen LogP contribution is 2.26. The Morgan fingerprint density at radius 3 is 2.81 bits per heavy atom. The van der Waals surface area contributed by atoms with Gasteiger partial charge in [-0.05, 0) is 25.1 Å². The third-order valence-corrected chi connectivity index (χ3v) is 4.05. The molecule has 2 rings (SSSR count). The number of ether oxygens (including phenoxy) is 1. The van der Waals surface area contributed by atoms with Gasteiger partial charge in [-0.2, -0.15) is 5.10 Å². The lowest BCUT2D eigenvalue weighted by molar-refractivity contribution is 0.331. The fourth-order valence-corrected chi connectivity index (χ4v) is 2.87. The van der Waals surface area contributed by atoms with E-state index in [1.54, 1.807) is 20.0 Å². The monoisotopic (exact) mass is 311 g/mol. The van der Waals surface area contributed by atoms with Crippen LogP contribution in [0.3, 0.4) is 0 Å². The average molecular weight is 311 g/mol. The minimum atomic E-state index is -3.77. The number of rotatable bonds is 6. The highest BCUT2D eigenvalue weighted by molar-refractivity contribution is 7.89. The summed E-state index contributed by atoms with van der Waals surface area (Å²) in [5, 5.41) is 4.01. The summed E-state index contributed by atoms with van der Waals surface area (Å²) in [5.74, 6) is 0.635. The van der Waals surface area contributed by atoms with Crippen molar-refractivity contribution < 1.29 is 13.2 Å². The summed E-state index contributed by atoms with van der Waals surface area (Å²) in [6, 6.07) is 4.48. The zero-order valence-corrected chi connectivity index (χ0v) is 12.6. The molecule has 21 heavy (non-hydrogen) atoms. The molecule has 0 saturated carbocycles. The van der Waals surface area contributed by atoms with Crippen molar-refractivity contribution in [2.75, 3.05) is 12.3 Å². The largest absolute Gasteiger partial charge is 0.492 e. The molecule has 0 unspecified atom stereocenters. The van der Waals surface area contributed by atoms with Gasteiger partial charge in [0.2, 0.25) is 10.0 Å². The normalized spacial score (nSPS) is 11.5. The Hall–Kier alpha value is -2.13. The average Bonchev–Trinajstić information content (AvgIpc) is 2.85. The molecule has 1 heterocycles. The number of hydrogen-bond donors (Lipinski definition) is 2. The van der Waals surface area contributed by atoms with Crippen LogP contribution in [0, 0.1) is 0 Å². The van der Waals surface area contributed by atoms with Crippen molar-refractivity contribution in [2.24, 2.45) is 7.05 Å². The van der Waals surface area contributed by atoms with Gasteiger partial charge < -0.3 is 10.5 Å². The van der Waals surface area contributed by atoms with Crippen LogP contribution < -0.4 is 15.2 Å². The molecule has 0 aliphatic heterocycles. The third-order valence-electron chi connectivity index (χ3n) is 2.62. The second-order valence-corrected chi connectivity index (χ2v) is 6.03. The number of sulfonamides is 1. The first-order valence-electron chi connectivity index (χ1n) is 6.29. The summed E-state index contributed by atoms with van der Waals surface area (Å²) in [7, 11) is -2.06. The van der Waals surface area contributed by atoms with Gasteiger partial charge in [0.15, 0.2) is 5.82 Å². The highest BCUT2D eigenvalue weighted by atomic mass is 32.2. The Labute approximate surface area is 123 Å². The van der Waals surface area contributed by atoms with Gasteiger partial charge in [0.05, 0.1) is 13.2 Å². The van der Waals surface area contributed by atoms with Crippen molar-refractivity contribution in [1.82, 2.24) is 19.5 Å². The Morgan fingerprint density at radius 1 is 1.43 bits per heavy atom. The van der Waals surface area contributed by atoms with Crippen LogP contribution in [0.25, 0.3) is 0 Å². The van der Waals surface area contributed by atoms with Gasteiger partial charge in [-0.15, -0.1) is 0 Å². The van der Waals surface area contributed by atoms with E-state index >= 15 is 0 Å². The van der Waals surface area contributed by atoms with Gasteiger partial charge in [-0.1, -0.05) is 0 Å². The van der Waals surface area contributed by atoms with Gasteiger partial charge in [-0.3, -0.25) is 4.68 Å². The van der Waals surface area contributed by atoms with Gasteiger partial charge >= 0.3 is 0 Å². The second-order valence-electron chi connectivity index (χ2n) is 4.30. The molecule has 9 heteroatoms. The molecule has 114 valence electrons. The molecule has 0 fully saturated rings. The summed E-state index contributed by atoms with van der Waals surface area (Å²) in [4.78, 5) is 3.96. The molecule has 0 aliphatic rings. The number of anilines is 1. The molecule has 2 aromatic rings. The summed E-state index contributed by atoms with van der Waals surface area (Å²) >= 11 is 0. The number of nitrogens with zero attached hydrogens (tertiary/aromatic N) is 3. The van der Waals surface area contributed by atoms with Gasteiger partial charge in [0, 0.05) is 12.7 Å². The van der Waals surface area contributed by atoms with Crippen LogP contribution in [0.1, 0.15) is 12.7 Å². The van der Waals surface area contributed by atoms with E-state index in [-0.39, 0.29) is 17.2 Å². The predicted octanol–water partition coefficient (Wildman–Crippen LogP) is 0.274. The lowest BCUT2D eigenvalue weighted by atomic mass is 10.3. The fourth-order valence-electron chi connectivity index (χ4n) is 1.71. The van der Waals surface area contributed by atoms with Crippen LogP contribution in [-0.2, 0) is 23.6 Å². The predicted molar refractivity (Wildman–Crippen MR) is 77.1 cm³/mol. The van der Waals surface area contributed by atoms with E-state index in [9.17, 15) is 8.42 Å². The SMILES string of the molecule is CCOc1ccc(N)cc1S(=O)(=O)NCc1ncn(C)n1. The zero-order valence-electron chi connectivity index (χ0n) is 11.8. The van der Waals surface area contributed by atoms with Crippen LogP contribution in [0.15, 0.2) is 29.4 Å². The van der Waals surface area contributed by atoms with Gasteiger partial charge in [-0.25, -0.2) is 18.1 Å². The molecule has 0 radical (unpaired) electrons. The summed E-state index contributed by atoms with van der Waals surface area (Å²) in [6.07, 6.45) is 1.50. The fraction of sp³-hybridized carbons (Fsp3) is 0.333. The molecular weight excluding hydrogens is 294 g/mol. The first kappa shape index (κ1) is 15.3. The van der Waals surface area contributed by atoms with Crippen LogP contribution in [-0.4, -0.2) is 29.8 Å². The van der Waals surface area contributed by atoms with E-state index in [1.165, 1.54) is 23.1 Å². The van der Waals surface area contributed by atoms with Gasteiger partial charge in [0.25, 0.3) is 0 Å². The molecule has 0 spiro atoms. The maximum atomic E-state index is 12.4. The Bertz CT molecular complexity index is 726. The molecule has 0 atom stereocenters. The first-order valence-corrected chi connectivity index (χ1v) is 7.77. The molecular formula is C12H17N5O3S. The van der Waals surface area contributed by atoms with E-state index in [0.29, 0.717) is 18.1 Å². The highest BCUT2D eigenvalue weighted by Gasteiger charge is 2.20. The maximum absolute atomic E-state index is 12.4. The molecule has 8 nitrogen and oxygen atoms in total. The topological polar surface area (TPSA) is 112 Å². The van der Waals surface area contributed by atoms with Crippen LogP contribution in [0.4, 0.5) is 5.69 Å². The number of benzene rings is 1.